The number of nitrogen functional groups attached to an aromatic ring is 1. The van der Waals surface area contributed by atoms with Crippen molar-refractivity contribution in [2.24, 2.45) is 0 Å². The lowest BCUT2D eigenvalue weighted by Gasteiger charge is -2.26. The lowest BCUT2D eigenvalue weighted by molar-refractivity contribution is 0.686. The van der Waals surface area contributed by atoms with Crippen LogP contribution < -0.4 is 16.0 Å². The molecule has 1 aromatic rings. The van der Waals surface area contributed by atoms with Crippen LogP contribution in [-0.4, -0.2) is 32.4 Å². The molecule has 16 heavy (non-hydrogen) atoms. The summed E-state index contributed by atoms with van der Waals surface area (Å²) >= 11 is 0. The molecule has 1 atom stereocenters. The molecular formula is C12H18N4. The van der Waals surface area contributed by atoms with Crippen molar-refractivity contribution in [3.8, 4) is 0 Å². The van der Waals surface area contributed by atoms with Crippen molar-refractivity contribution in [3.05, 3.63) is 23.8 Å². The van der Waals surface area contributed by atoms with E-state index in [1.54, 1.807) is 0 Å². The zero-order valence-electron chi connectivity index (χ0n) is 9.53. The largest absolute Gasteiger partial charge is 0.398 e. The highest BCUT2D eigenvalue weighted by Gasteiger charge is 2.19. The first kappa shape index (κ1) is 11.0. The number of benzene rings is 1. The zero-order chi connectivity index (χ0) is 11.5. The molecule has 0 bridgehead atoms. The molecule has 0 spiro atoms. The summed E-state index contributed by atoms with van der Waals surface area (Å²) in [6.45, 7) is 2.11. The molecular weight excluding hydrogens is 200 g/mol. The average molecular weight is 218 g/mol. The number of hydrogen-bond donors (Lipinski definition) is 3. The smallest absolute Gasteiger partial charge is 0.0423 e. The maximum Gasteiger partial charge on any atom is 0.0423 e. The number of nitrogens with zero attached hydrogens (tertiary/aromatic N) is 1. The van der Waals surface area contributed by atoms with E-state index in [1.165, 1.54) is 12.6 Å². The van der Waals surface area contributed by atoms with Gasteiger partial charge in [-0.15, -0.1) is 0 Å². The molecule has 0 radical (unpaired) electrons. The molecule has 0 aromatic heterocycles. The van der Waals surface area contributed by atoms with Crippen molar-refractivity contribution in [1.82, 2.24) is 5.32 Å². The van der Waals surface area contributed by atoms with Crippen molar-refractivity contribution in [2.75, 3.05) is 30.8 Å². The van der Waals surface area contributed by atoms with Crippen molar-refractivity contribution >= 4 is 17.6 Å². The second-order valence-electron chi connectivity index (χ2n) is 4.22. The Labute approximate surface area is 96.0 Å². The zero-order valence-corrected chi connectivity index (χ0v) is 9.53. The minimum Gasteiger partial charge on any atom is -0.398 e. The van der Waals surface area contributed by atoms with Gasteiger partial charge in [-0.05, 0) is 31.2 Å². The van der Waals surface area contributed by atoms with E-state index >= 15 is 0 Å². The predicted octanol–water partition coefficient (Wildman–Crippen LogP) is 1.06. The van der Waals surface area contributed by atoms with Gasteiger partial charge in [-0.3, -0.25) is 0 Å². The summed E-state index contributed by atoms with van der Waals surface area (Å²) in [5.41, 5.74) is 8.35. The number of hydrogen-bond acceptors (Lipinski definition) is 4. The highest BCUT2D eigenvalue weighted by atomic mass is 15.2. The van der Waals surface area contributed by atoms with Crippen LogP contribution in [0.5, 0.6) is 0 Å². The fourth-order valence-corrected chi connectivity index (χ4v) is 2.09. The number of nitrogens with two attached hydrogens (primary N) is 1. The van der Waals surface area contributed by atoms with Gasteiger partial charge < -0.3 is 21.4 Å². The summed E-state index contributed by atoms with van der Waals surface area (Å²) in [4.78, 5) is 2.26. The lowest BCUT2D eigenvalue weighted by atomic mass is 10.1. The maximum atomic E-state index is 7.30. The van der Waals surface area contributed by atoms with Gasteiger partial charge in [0, 0.05) is 42.8 Å². The van der Waals surface area contributed by atoms with Gasteiger partial charge in [-0.1, -0.05) is 0 Å². The number of rotatable bonds is 3. The first-order valence-corrected chi connectivity index (χ1v) is 5.56. The topological polar surface area (TPSA) is 65.1 Å². The Morgan fingerprint density at radius 2 is 2.38 bits per heavy atom. The molecule has 1 aromatic carbocycles. The van der Waals surface area contributed by atoms with Crippen molar-refractivity contribution in [2.45, 2.75) is 12.5 Å². The summed E-state index contributed by atoms with van der Waals surface area (Å²) in [6, 6.07) is 6.40. The van der Waals surface area contributed by atoms with Gasteiger partial charge in [-0.25, -0.2) is 0 Å². The molecule has 1 unspecified atom stereocenters. The Morgan fingerprint density at radius 1 is 1.56 bits per heavy atom. The molecule has 4 heteroatoms. The molecule has 1 fully saturated rings. The van der Waals surface area contributed by atoms with Gasteiger partial charge in [-0.2, -0.15) is 0 Å². The van der Waals surface area contributed by atoms with Gasteiger partial charge in [0.05, 0.1) is 0 Å². The Balaban J connectivity index is 2.22. The third-order valence-corrected chi connectivity index (χ3v) is 3.22. The second-order valence-corrected chi connectivity index (χ2v) is 4.22. The number of likely N-dealkylation sites (N-methyl/N-ethyl adjacent to an activating group) is 1. The van der Waals surface area contributed by atoms with Crippen LogP contribution in [0.15, 0.2) is 18.2 Å². The number of nitrogens with one attached hydrogen (secondary N) is 2. The summed E-state index contributed by atoms with van der Waals surface area (Å²) in [7, 11) is 2.09. The maximum absolute atomic E-state index is 7.30. The van der Waals surface area contributed by atoms with E-state index in [4.69, 9.17) is 11.1 Å². The molecule has 0 saturated carbocycles. The van der Waals surface area contributed by atoms with Crippen LogP contribution in [0.3, 0.4) is 0 Å². The lowest BCUT2D eigenvalue weighted by Crippen LogP contribution is -2.33. The quantitative estimate of drug-likeness (QED) is 0.525. The van der Waals surface area contributed by atoms with Crippen LogP contribution in [0.25, 0.3) is 0 Å². The van der Waals surface area contributed by atoms with Crippen molar-refractivity contribution in [3.63, 3.8) is 0 Å². The molecule has 4 nitrogen and oxygen atoms in total. The normalized spacial score (nSPS) is 19.7. The van der Waals surface area contributed by atoms with Crippen LogP contribution in [0.1, 0.15) is 12.0 Å². The third-order valence-electron chi connectivity index (χ3n) is 3.22. The van der Waals surface area contributed by atoms with E-state index in [0.29, 0.717) is 11.7 Å². The highest BCUT2D eigenvalue weighted by Crippen LogP contribution is 2.22. The average Bonchev–Trinajstić information content (AvgIpc) is 2.82. The summed E-state index contributed by atoms with van der Waals surface area (Å²) in [6.07, 6.45) is 2.47. The van der Waals surface area contributed by atoms with Crippen LogP contribution in [-0.2, 0) is 0 Å². The van der Waals surface area contributed by atoms with Crippen molar-refractivity contribution in [1.29, 1.82) is 5.41 Å². The summed E-state index contributed by atoms with van der Waals surface area (Å²) in [5, 5.41) is 10.6. The standard InChI is InChI=1S/C12H18N4/c1-16(11-4-5-15-8-11)10-2-3-12(14)9(6-10)7-13/h2-3,6-7,11,13,15H,4-5,8,14H2,1H3. The van der Waals surface area contributed by atoms with E-state index in [0.717, 1.165) is 24.3 Å². The SMILES string of the molecule is CN(c1ccc(N)c(C=N)c1)C1CCNC1. The Hall–Kier alpha value is -1.55. The minimum atomic E-state index is 0.544. The molecule has 2 rings (SSSR count). The molecule has 1 aliphatic rings. The molecule has 1 heterocycles. The molecule has 1 saturated heterocycles. The van der Waals surface area contributed by atoms with Crippen LogP contribution in [0, 0.1) is 5.41 Å². The first-order valence-electron chi connectivity index (χ1n) is 5.56. The van der Waals surface area contributed by atoms with Gasteiger partial charge in [0.25, 0.3) is 0 Å². The molecule has 0 amide bonds. The Kier molecular flexibility index (Phi) is 3.10. The first-order chi connectivity index (χ1) is 7.72. The Bertz CT molecular complexity index is 383. The van der Waals surface area contributed by atoms with Gasteiger partial charge >= 0.3 is 0 Å². The van der Waals surface area contributed by atoms with Crippen LogP contribution >= 0.6 is 0 Å². The fraction of sp³-hybridized carbons (Fsp3) is 0.417. The summed E-state index contributed by atoms with van der Waals surface area (Å²) < 4.78 is 0. The molecule has 0 aliphatic carbocycles. The molecule has 86 valence electrons. The van der Waals surface area contributed by atoms with E-state index in [1.807, 2.05) is 18.2 Å². The van der Waals surface area contributed by atoms with E-state index in [2.05, 4.69) is 17.3 Å². The number of anilines is 2. The highest BCUT2D eigenvalue weighted by molar-refractivity contribution is 5.86. The second kappa shape index (κ2) is 4.53. The van der Waals surface area contributed by atoms with Gasteiger partial charge in [0.15, 0.2) is 0 Å². The van der Waals surface area contributed by atoms with Gasteiger partial charge in [0.2, 0.25) is 0 Å². The third kappa shape index (κ3) is 2.02. The van der Waals surface area contributed by atoms with Crippen LogP contribution in [0.2, 0.25) is 0 Å². The molecule has 4 N–H and O–H groups in total. The predicted molar refractivity (Wildman–Crippen MR) is 68.4 cm³/mol. The van der Waals surface area contributed by atoms with E-state index in [-0.39, 0.29) is 0 Å². The van der Waals surface area contributed by atoms with E-state index < -0.39 is 0 Å². The van der Waals surface area contributed by atoms with Gasteiger partial charge in [0.1, 0.15) is 0 Å². The van der Waals surface area contributed by atoms with Crippen LogP contribution in [0.4, 0.5) is 11.4 Å². The van der Waals surface area contributed by atoms with E-state index in [9.17, 15) is 0 Å². The molecule has 1 aliphatic heterocycles. The monoisotopic (exact) mass is 218 g/mol. The summed E-state index contributed by atoms with van der Waals surface area (Å²) in [5.74, 6) is 0. The van der Waals surface area contributed by atoms with Crippen molar-refractivity contribution < 1.29 is 0 Å². The Morgan fingerprint density at radius 3 is 3.00 bits per heavy atom. The minimum absolute atomic E-state index is 0.544. The fourth-order valence-electron chi connectivity index (χ4n) is 2.09.